The summed E-state index contributed by atoms with van der Waals surface area (Å²) in [6.07, 6.45) is 1.83. The van der Waals surface area contributed by atoms with Crippen LogP contribution in [0.5, 0.6) is 11.5 Å². The first-order chi connectivity index (χ1) is 10.1. The lowest BCUT2D eigenvalue weighted by Gasteiger charge is -2.26. The Hall–Kier alpha value is -1.55. The molecule has 1 aromatic rings. The summed E-state index contributed by atoms with van der Waals surface area (Å²) >= 11 is 0. The molecule has 0 aliphatic heterocycles. The lowest BCUT2D eigenvalue weighted by Crippen LogP contribution is -2.31. The van der Waals surface area contributed by atoms with Gasteiger partial charge < -0.3 is 14.4 Å². The highest BCUT2D eigenvalue weighted by molar-refractivity contribution is 6.01. The predicted molar refractivity (Wildman–Crippen MR) is 83.5 cm³/mol. The van der Waals surface area contributed by atoms with Crippen molar-refractivity contribution >= 4 is 5.78 Å². The van der Waals surface area contributed by atoms with Crippen LogP contribution in [0.15, 0.2) is 12.1 Å². The van der Waals surface area contributed by atoms with Gasteiger partial charge in [-0.3, -0.25) is 4.79 Å². The first-order valence-corrected chi connectivity index (χ1v) is 7.68. The molecule has 21 heavy (non-hydrogen) atoms. The maximum absolute atomic E-state index is 12.7. The molecule has 0 bridgehead atoms. The molecule has 0 amide bonds. The molecule has 0 fully saturated rings. The summed E-state index contributed by atoms with van der Waals surface area (Å²) in [5.74, 6) is 1.74. The smallest absolute Gasteiger partial charge is 0.167 e. The number of benzene rings is 1. The summed E-state index contributed by atoms with van der Waals surface area (Å²) in [5.41, 5.74) is 1.89. The van der Waals surface area contributed by atoms with Crippen molar-refractivity contribution in [3.63, 3.8) is 0 Å². The molecule has 1 aliphatic carbocycles. The minimum Gasteiger partial charge on any atom is -0.490 e. The van der Waals surface area contributed by atoms with Crippen molar-refractivity contribution in [2.75, 3.05) is 33.9 Å². The van der Waals surface area contributed by atoms with Crippen LogP contribution in [0, 0.1) is 5.92 Å². The second-order valence-corrected chi connectivity index (χ2v) is 5.68. The summed E-state index contributed by atoms with van der Waals surface area (Å²) < 4.78 is 11.3. The van der Waals surface area contributed by atoms with E-state index in [1.807, 2.05) is 40.1 Å². The molecule has 0 radical (unpaired) electrons. The van der Waals surface area contributed by atoms with E-state index in [4.69, 9.17) is 9.47 Å². The van der Waals surface area contributed by atoms with Gasteiger partial charge >= 0.3 is 0 Å². The maximum Gasteiger partial charge on any atom is 0.167 e. The van der Waals surface area contributed by atoms with Crippen LogP contribution in [0.1, 0.15) is 36.2 Å². The highest BCUT2D eigenvalue weighted by atomic mass is 16.5. The van der Waals surface area contributed by atoms with Gasteiger partial charge in [0.2, 0.25) is 0 Å². The van der Waals surface area contributed by atoms with Crippen LogP contribution >= 0.6 is 0 Å². The van der Waals surface area contributed by atoms with Crippen molar-refractivity contribution in [1.29, 1.82) is 0 Å². The maximum atomic E-state index is 12.7. The lowest BCUT2D eigenvalue weighted by atomic mass is 9.82. The second kappa shape index (κ2) is 6.94. The summed E-state index contributed by atoms with van der Waals surface area (Å²) in [6.45, 7) is 5.85. The molecule has 0 heterocycles. The number of carbonyl (C=O) groups is 1. The van der Waals surface area contributed by atoms with Gasteiger partial charge in [0.05, 0.1) is 13.2 Å². The first-order valence-electron chi connectivity index (χ1n) is 7.68. The van der Waals surface area contributed by atoms with E-state index in [-0.39, 0.29) is 11.7 Å². The Labute approximate surface area is 127 Å². The molecule has 4 heteroatoms. The Morgan fingerprint density at radius 3 is 2.33 bits per heavy atom. The molecule has 0 aromatic heterocycles. The normalized spacial score (nSPS) is 17.8. The molecule has 2 rings (SSSR count). The number of ether oxygens (including phenoxy) is 2. The van der Waals surface area contributed by atoms with Crippen molar-refractivity contribution in [1.82, 2.24) is 4.90 Å². The van der Waals surface area contributed by atoms with E-state index in [1.54, 1.807) is 0 Å². The van der Waals surface area contributed by atoms with Gasteiger partial charge in [0.25, 0.3) is 0 Å². The van der Waals surface area contributed by atoms with E-state index in [0.29, 0.717) is 19.0 Å². The van der Waals surface area contributed by atoms with Gasteiger partial charge in [-0.15, -0.1) is 0 Å². The molecular weight excluding hydrogens is 266 g/mol. The molecule has 4 nitrogen and oxygen atoms in total. The molecule has 0 saturated carbocycles. The number of fused-ring (bicyclic) bond motifs is 1. The number of carbonyl (C=O) groups excluding carboxylic acids is 1. The van der Waals surface area contributed by atoms with E-state index in [2.05, 4.69) is 4.90 Å². The monoisotopic (exact) mass is 291 g/mol. The average molecular weight is 291 g/mol. The number of hydrogen-bond donors (Lipinski definition) is 0. The minimum absolute atomic E-state index is 0.0833. The Balaban J connectivity index is 2.33. The quantitative estimate of drug-likeness (QED) is 0.808. The molecule has 1 aromatic carbocycles. The average Bonchev–Trinajstić information content (AvgIpc) is 2.43. The largest absolute Gasteiger partial charge is 0.490 e. The zero-order valence-electron chi connectivity index (χ0n) is 13.4. The van der Waals surface area contributed by atoms with E-state index >= 15 is 0 Å². The minimum atomic E-state index is 0.0833. The third kappa shape index (κ3) is 3.56. The van der Waals surface area contributed by atoms with Gasteiger partial charge in [0.15, 0.2) is 17.3 Å². The predicted octanol–water partition coefficient (Wildman–Crippen LogP) is 2.79. The Kier molecular flexibility index (Phi) is 5.23. The van der Waals surface area contributed by atoms with Crippen LogP contribution in [0.2, 0.25) is 0 Å². The Morgan fingerprint density at radius 2 is 1.76 bits per heavy atom. The molecule has 1 unspecified atom stereocenters. The van der Waals surface area contributed by atoms with Gasteiger partial charge in [-0.1, -0.05) is 0 Å². The van der Waals surface area contributed by atoms with Crippen molar-refractivity contribution in [3.05, 3.63) is 23.3 Å². The number of rotatable bonds is 6. The van der Waals surface area contributed by atoms with Crippen LogP contribution in [0.3, 0.4) is 0 Å². The topological polar surface area (TPSA) is 38.8 Å². The van der Waals surface area contributed by atoms with E-state index < -0.39 is 0 Å². The summed E-state index contributed by atoms with van der Waals surface area (Å²) in [4.78, 5) is 14.7. The summed E-state index contributed by atoms with van der Waals surface area (Å²) in [7, 11) is 4.01. The van der Waals surface area contributed by atoms with E-state index in [9.17, 15) is 4.79 Å². The number of aryl methyl sites for hydroxylation is 1. The summed E-state index contributed by atoms with van der Waals surface area (Å²) in [6, 6.07) is 3.85. The van der Waals surface area contributed by atoms with Gasteiger partial charge in [-0.25, -0.2) is 0 Å². The zero-order valence-corrected chi connectivity index (χ0v) is 13.4. The van der Waals surface area contributed by atoms with Crippen molar-refractivity contribution in [2.45, 2.75) is 26.7 Å². The molecular formula is C17H25NO3. The fraction of sp³-hybridized carbons (Fsp3) is 0.588. The van der Waals surface area contributed by atoms with Crippen molar-refractivity contribution in [2.24, 2.45) is 5.92 Å². The fourth-order valence-corrected chi connectivity index (χ4v) is 2.87. The molecule has 1 atom stereocenters. The SMILES string of the molecule is CCOc1cc2c(cc1OCC)C(=O)C(CN(C)C)CC2. The van der Waals surface area contributed by atoms with Crippen LogP contribution < -0.4 is 9.47 Å². The summed E-state index contributed by atoms with van der Waals surface area (Å²) in [5, 5.41) is 0. The van der Waals surface area contributed by atoms with Gasteiger partial charge in [0.1, 0.15) is 0 Å². The van der Waals surface area contributed by atoms with Crippen LogP contribution in [-0.4, -0.2) is 44.5 Å². The molecule has 0 N–H and O–H groups in total. The van der Waals surface area contributed by atoms with Crippen molar-refractivity contribution < 1.29 is 14.3 Å². The zero-order chi connectivity index (χ0) is 15.4. The van der Waals surface area contributed by atoms with Gasteiger partial charge in [-0.05, 0) is 58.5 Å². The second-order valence-electron chi connectivity index (χ2n) is 5.68. The van der Waals surface area contributed by atoms with Crippen molar-refractivity contribution in [3.8, 4) is 11.5 Å². The number of Topliss-reactive ketones (excluding diaryl/α,β-unsaturated/α-hetero) is 1. The highest BCUT2D eigenvalue weighted by Gasteiger charge is 2.29. The molecule has 0 saturated heterocycles. The van der Waals surface area contributed by atoms with Crippen LogP contribution in [0.25, 0.3) is 0 Å². The first kappa shape index (κ1) is 15.8. The lowest BCUT2D eigenvalue weighted by molar-refractivity contribution is 0.0876. The number of nitrogens with zero attached hydrogens (tertiary/aromatic N) is 1. The molecule has 116 valence electrons. The number of hydrogen-bond acceptors (Lipinski definition) is 4. The molecule has 1 aliphatic rings. The third-order valence-electron chi connectivity index (χ3n) is 3.75. The van der Waals surface area contributed by atoms with Crippen LogP contribution in [0.4, 0.5) is 0 Å². The van der Waals surface area contributed by atoms with Crippen LogP contribution in [-0.2, 0) is 6.42 Å². The van der Waals surface area contributed by atoms with E-state index in [1.165, 1.54) is 0 Å². The Bertz CT molecular complexity index is 511. The Morgan fingerprint density at radius 1 is 1.14 bits per heavy atom. The highest BCUT2D eigenvalue weighted by Crippen LogP contribution is 2.36. The van der Waals surface area contributed by atoms with E-state index in [0.717, 1.165) is 36.3 Å². The molecule has 0 spiro atoms. The van der Waals surface area contributed by atoms with Gasteiger partial charge in [0, 0.05) is 18.0 Å². The third-order valence-corrected chi connectivity index (χ3v) is 3.75. The number of ketones is 1. The standard InChI is InChI=1S/C17H25NO3/c1-5-20-15-9-12-7-8-13(11-18(3)4)17(19)14(12)10-16(15)21-6-2/h9-10,13H,5-8,11H2,1-4H3. The van der Waals surface area contributed by atoms with Gasteiger partial charge in [-0.2, -0.15) is 0 Å². The fourth-order valence-electron chi connectivity index (χ4n) is 2.87.